The summed E-state index contributed by atoms with van der Waals surface area (Å²) in [6.45, 7) is 1.92. The molecule has 0 unspecified atom stereocenters. The lowest BCUT2D eigenvalue weighted by Gasteiger charge is -2.01. The van der Waals surface area contributed by atoms with Crippen LogP contribution in [0.1, 0.15) is 21.8 Å². The summed E-state index contributed by atoms with van der Waals surface area (Å²) >= 11 is 9.15. The number of nitrogens with zero attached hydrogens (tertiary/aromatic N) is 1. The van der Waals surface area contributed by atoms with Crippen molar-refractivity contribution in [1.82, 2.24) is 4.98 Å². The number of aryl methyl sites for hydroxylation is 1. The van der Waals surface area contributed by atoms with E-state index >= 15 is 0 Å². The lowest BCUT2D eigenvalue weighted by molar-refractivity contribution is 0.0433. The van der Waals surface area contributed by atoms with E-state index in [2.05, 4.69) is 4.98 Å². The van der Waals surface area contributed by atoms with Gasteiger partial charge in [-0.05, 0) is 36.6 Å². The number of carbonyl (C=O) groups excluding carboxylic acids is 1. The molecule has 0 aliphatic heterocycles. The van der Waals surface area contributed by atoms with Crippen molar-refractivity contribution in [1.29, 1.82) is 0 Å². The third kappa shape index (κ3) is 3.20. The lowest BCUT2D eigenvalue weighted by Crippen LogP contribution is -2.05. The standard InChI is InChI=1S/C18H12ClNO3S2/c1-10-14-6-12(19)2-3-15(14)23-16(10)18(21)22-7-13-9-25-17(20-13)11-4-5-24-8-11/h2-6,8-9H,7H2,1H3. The molecule has 0 saturated carbocycles. The van der Waals surface area contributed by atoms with Gasteiger partial charge >= 0.3 is 5.97 Å². The van der Waals surface area contributed by atoms with Gasteiger partial charge in [-0.2, -0.15) is 11.3 Å². The molecule has 0 radical (unpaired) electrons. The molecule has 25 heavy (non-hydrogen) atoms. The van der Waals surface area contributed by atoms with Crippen LogP contribution in [-0.4, -0.2) is 11.0 Å². The van der Waals surface area contributed by atoms with E-state index in [1.165, 1.54) is 11.3 Å². The highest BCUT2D eigenvalue weighted by Crippen LogP contribution is 2.29. The van der Waals surface area contributed by atoms with Gasteiger partial charge in [-0.25, -0.2) is 9.78 Å². The Morgan fingerprint density at radius 1 is 1.32 bits per heavy atom. The Morgan fingerprint density at radius 2 is 2.20 bits per heavy atom. The second-order valence-electron chi connectivity index (χ2n) is 5.43. The Balaban J connectivity index is 1.50. The van der Waals surface area contributed by atoms with Crippen molar-refractivity contribution in [3.63, 3.8) is 0 Å². The zero-order valence-corrected chi connectivity index (χ0v) is 15.5. The number of rotatable bonds is 4. The first kappa shape index (κ1) is 16.3. The minimum Gasteiger partial charge on any atom is -0.453 e. The van der Waals surface area contributed by atoms with Gasteiger partial charge in [-0.3, -0.25) is 0 Å². The van der Waals surface area contributed by atoms with E-state index in [-0.39, 0.29) is 12.4 Å². The highest BCUT2D eigenvalue weighted by Gasteiger charge is 2.19. The molecule has 0 spiro atoms. The van der Waals surface area contributed by atoms with E-state index in [0.29, 0.717) is 10.6 Å². The first-order valence-corrected chi connectivity index (χ1v) is 9.64. The van der Waals surface area contributed by atoms with Crippen molar-refractivity contribution in [2.24, 2.45) is 0 Å². The van der Waals surface area contributed by atoms with Crippen LogP contribution in [0.15, 0.2) is 44.8 Å². The fourth-order valence-electron chi connectivity index (χ4n) is 2.48. The van der Waals surface area contributed by atoms with Crippen molar-refractivity contribution < 1.29 is 13.9 Å². The van der Waals surface area contributed by atoms with Crippen LogP contribution in [0.25, 0.3) is 21.5 Å². The van der Waals surface area contributed by atoms with Gasteiger partial charge < -0.3 is 9.15 Å². The monoisotopic (exact) mass is 389 g/mol. The van der Waals surface area contributed by atoms with E-state index in [9.17, 15) is 4.79 Å². The first-order valence-electron chi connectivity index (χ1n) is 7.44. The van der Waals surface area contributed by atoms with Gasteiger partial charge in [-0.15, -0.1) is 11.3 Å². The van der Waals surface area contributed by atoms with Crippen LogP contribution < -0.4 is 0 Å². The largest absolute Gasteiger partial charge is 0.453 e. The van der Waals surface area contributed by atoms with Gasteiger partial charge in [0, 0.05) is 32.3 Å². The second-order valence-corrected chi connectivity index (χ2v) is 7.50. The van der Waals surface area contributed by atoms with Crippen LogP contribution in [0, 0.1) is 6.92 Å². The number of thiazole rings is 1. The number of furan rings is 1. The van der Waals surface area contributed by atoms with E-state index in [4.69, 9.17) is 20.8 Å². The van der Waals surface area contributed by atoms with Crippen LogP contribution in [0.3, 0.4) is 0 Å². The molecule has 3 heterocycles. The molecular formula is C18H12ClNO3S2. The minimum absolute atomic E-state index is 0.108. The smallest absolute Gasteiger partial charge is 0.374 e. The first-order chi connectivity index (χ1) is 12.1. The molecule has 0 bridgehead atoms. The number of hydrogen-bond donors (Lipinski definition) is 0. The molecule has 126 valence electrons. The fraction of sp³-hybridized carbons (Fsp3) is 0.111. The molecule has 4 aromatic rings. The SMILES string of the molecule is Cc1c(C(=O)OCc2csc(-c3ccsc3)n2)oc2ccc(Cl)cc12. The molecule has 1 aromatic carbocycles. The molecule has 0 fully saturated rings. The van der Waals surface area contributed by atoms with Gasteiger partial charge in [0.25, 0.3) is 0 Å². The third-order valence-electron chi connectivity index (χ3n) is 3.75. The number of halogens is 1. The third-order valence-corrected chi connectivity index (χ3v) is 5.61. The van der Waals surface area contributed by atoms with Crippen LogP contribution in [0.2, 0.25) is 5.02 Å². The van der Waals surface area contributed by atoms with Gasteiger partial charge in [-0.1, -0.05) is 11.6 Å². The Morgan fingerprint density at radius 3 is 3.00 bits per heavy atom. The molecule has 0 aliphatic rings. The Bertz CT molecular complexity index is 1050. The highest BCUT2D eigenvalue weighted by molar-refractivity contribution is 7.14. The number of aromatic nitrogens is 1. The van der Waals surface area contributed by atoms with Crippen LogP contribution >= 0.6 is 34.3 Å². The molecule has 4 rings (SSSR count). The van der Waals surface area contributed by atoms with Gasteiger partial charge in [0.15, 0.2) is 0 Å². The minimum atomic E-state index is -0.505. The zero-order chi connectivity index (χ0) is 17.4. The summed E-state index contributed by atoms with van der Waals surface area (Å²) in [5.41, 5.74) is 3.14. The van der Waals surface area contributed by atoms with Gasteiger partial charge in [0.1, 0.15) is 17.2 Å². The molecule has 0 atom stereocenters. The quantitative estimate of drug-likeness (QED) is 0.405. The number of thiophene rings is 1. The number of fused-ring (bicyclic) bond motifs is 1. The molecule has 3 aromatic heterocycles. The van der Waals surface area contributed by atoms with Crippen LogP contribution in [-0.2, 0) is 11.3 Å². The maximum absolute atomic E-state index is 12.4. The summed E-state index contributed by atoms with van der Waals surface area (Å²) in [6, 6.07) is 7.26. The molecular weight excluding hydrogens is 378 g/mol. The molecule has 0 amide bonds. The summed E-state index contributed by atoms with van der Waals surface area (Å²) < 4.78 is 11.0. The Hall–Kier alpha value is -2.15. The lowest BCUT2D eigenvalue weighted by atomic mass is 10.1. The second kappa shape index (κ2) is 6.63. The maximum Gasteiger partial charge on any atom is 0.374 e. The number of benzene rings is 1. The Kier molecular flexibility index (Phi) is 4.33. The van der Waals surface area contributed by atoms with Gasteiger partial charge in [0.05, 0.1) is 5.69 Å². The average Bonchev–Trinajstić information content (AvgIpc) is 3.33. The molecule has 0 saturated heterocycles. The summed E-state index contributed by atoms with van der Waals surface area (Å²) in [6.07, 6.45) is 0. The number of carbonyl (C=O) groups is 1. The maximum atomic E-state index is 12.4. The van der Waals surface area contributed by atoms with E-state index in [1.807, 2.05) is 29.1 Å². The van der Waals surface area contributed by atoms with Crippen molar-refractivity contribution >= 4 is 51.2 Å². The normalized spacial score (nSPS) is 11.1. The van der Waals surface area contributed by atoms with E-state index in [0.717, 1.165) is 27.2 Å². The van der Waals surface area contributed by atoms with Crippen LogP contribution in [0.4, 0.5) is 0 Å². The fourth-order valence-corrected chi connectivity index (χ4v) is 4.17. The van der Waals surface area contributed by atoms with Crippen molar-refractivity contribution in [3.05, 3.63) is 62.4 Å². The summed E-state index contributed by atoms with van der Waals surface area (Å²) in [7, 11) is 0. The summed E-state index contributed by atoms with van der Waals surface area (Å²) in [5.74, 6) is -0.305. The number of esters is 1. The van der Waals surface area contributed by atoms with Crippen molar-refractivity contribution in [2.45, 2.75) is 13.5 Å². The van der Waals surface area contributed by atoms with Crippen molar-refractivity contribution in [2.75, 3.05) is 0 Å². The topological polar surface area (TPSA) is 52.3 Å². The molecule has 4 nitrogen and oxygen atoms in total. The summed E-state index contributed by atoms with van der Waals surface area (Å²) in [4.78, 5) is 16.9. The predicted molar refractivity (Wildman–Crippen MR) is 101 cm³/mol. The number of ether oxygens (including phenoxy) is 1. The molecule has 0 N–H and O–H groups in total. The van der Waals surface area contributed by atoms with E-state index in [1.54, 1.807) is 29.5 Å². The van der Waals surface area contributed by atoms with Crippen molar-refractivity contribution in [3.8, 4) is 10.6 Å². The van der Waals surface area contributed by atoms with Gasteiger partial charge in [0.2, 0.25) is 5.76 Å². The number of hydrogen-bond acceptors (Lipinski definition) is 6. The highest BCUT2D eigenvalue weighted by atomic mass is 35.5. The molecule has 7 heteroatoms. The van der Waals surface area contributed by atoms with Crippen LogP contribution in [0.5, 0.6) is 0 Å². The molecule has 0 aliphatic carbocycles. The van der Waals surface area contributed by atoms with E-state index < -0.39 is 5.97 Å². The Labute approximate surface area is 156 Å². The zero-order valence-electron chi connectivity index (χ0n) is 13.1. The summed E-state index contributed by atoms with van der Waals surface area (Å²) in [5, 5.41) is 8.27. The average molecular weight is 390 g/mol. The predicted octanol–water partition coefficient (Wildman–Crippen LogP) is 5.94.